The Hall–Kier alpha value is -2.42. The number of benzene rings is 4. The number of hydrogen-bond acceptors (Lipinski definition) is 2. The molecule has 1 fully saturated rings. The van der Waals surface area contributed by atoms with Crippen molar-refractivity contribution < 1.29 is 9.47 Å². The topological polar surface area (TPSA) is 18.5 Å². The second-order valence-electron chi connectivity index (χ2n) is 8.08. The average molecular weight is 387 g/mol. The molecule has 0 unspecified atom stereocenters. The summed E-state index contributed by atoms with van der Waals surface area (Å²) < 4.78 is 11.2. The molecule has 0 saturated carbocycles. The Morgan fingerprint density at radius 1 is 0.759 bits per heavy atom. The monoisotopic (exact) mass is 386 g/mol. The van der Waals surface area contributed by atoms with E-state index in [9.17, 15) is 0 Å². The van der Waals surface area contributed by atoms with Gasteiger partial charge in [-0.2, -0.15) is 0 Å². The van der Waals surface area contributed by atoms with Crippen LogP contribution in [0.25, 0.3) is 32.3 Å². The molecule has 0 bridgehead atoms. The van der Waals surface area contributed by atoms with Gasteiger partial charge in [-0.05, 0) is 44.3 Å². The van der Waals surface area contributed by atoms with Crippen molar-refractivity contribution in [3.05, 3.63) is 72.3 Å². The first-order valence-electron chi connectivity index (χ1n) is 10.7. The predicted molar refractivity (Wildman–Crippen MR) is 124 cm³/mol. The average Bonchev–Trinajstić information content (AvgIpc) is 2.77. The van der Waals surface area contributed by atoms with E-state index in [2.05, 4.69) is 73.7 Å². The summed E-state index contributed by atoms with van der Waals surface area (Å²) in [5.41, 5.74) is 1.55. The van der Waals surface area contributed by atoms with Crippen LogP contribution in [0.15, 0.2) is 66.7 Å². The molecule has 0 N–H and O–H groups in total. The molecule has 4 aromatic carbocycles. The quantitative estimate of drug-likeness (QED) is 0.278. The largest absolute Gasteiger partial charge is 0.380 e. The highest BCUT2D eigenvalue weighted by Crippen LogP contribution is 2.35. The van der Waals surface area contributed by atoms with Gasteiger partial charge in [0.25, 0.3) is 0 Å². The number of ether oxygens (including phenoxy) is 2. The lowest BCUT2D eigenvalue weighted by Gasteiger charge is -2.37. The first kappa shape index (κ1) is 19.9. The highest BCUT2D eigenvalue weighted by Gasteiger charge is 2.33. The second kappa shape index (κ2) is 8.52. The summed E-state index contributed by atoms with van der Waals surface area (Å²) in [5.74, 6) is 0. The molecule has 0 atom stereocenters. The fraction of sp³-hybridized carbons (Fsp3) is 0.333. The maximum atomic E-state index is 5.93. The molecule has 1 aliphatic rings. The number of hydrogen-bond donors (Lipinski definition) is 0. The Labute approximate surface area is 173 Å². The van der Waals surface area contributed by atoms with Crippen LogP contribution < -0.4 is 0 Å². The standard InChI is InChI=1S/C25H24O2.C2H6/c1-25(16-27-17-25)15-26-13-12-18-10-11-23-21-8-3-2-6-19(21)20-7-4-5-9-22(20)24(23)14-18;1-2/h2-11,14H,12-13,15-17H2,1H3;1-2H3. The van der Waals surface area contributed by atoms with Crippen LogP contribution in [0.1, 0.15) is 26.3 Å². The number of fused-ring (bicyclic) bond motifs is 6. The van der Waals surface area contributed by atoms with Gasteiger partial charge in [0, 0.05) is 5.41 Å². The molecule has 4 aromatic rings. The SMILES string of the molecule is CC.CC1(COCCc2ccc3c4ccccc4c4ccccc4c3c2)COC1. The van der Waals surface area contributed by atoms with Crippen molar-refractivity contribution in [1.29, 1.82) is 0 Å². The van der Waals surface area contributed by atoms with Crippen molar-refractivity contribution in [3.63, 3.8) is 0 Å². The molecular weight excluding hydrogens is 356 g/mol. The van der Waals surface area contributed by atoms with Gasteiger partial charge in [-0.15, -0.1) is 0 Å². The van der Waals surface area contributed by atoms with Crippen LogP contribution in [0.2, 0.25) is 0 Å². The van der Waals surface area contributed by atoms with Crippen molar-refractivity contribution in [1.82, 2.24) is 0 Å². The van der Waals surface area contributed by atoms with Crippen LogP contribution in [-0.2, 0) is 15.9 Å². The molecule has 0 spiro atoms. The zero-order chi connectivity index (χ0) is 20.3. The minimum atomic E-state index is 0.221. The van der Waals surface area contributed by atoms with Gasteiger partial charge in [-0.1, -0.05) is 87.5 Å². The Morgan fingerprint density at radius 3 is 1.79 bits per heavy atom. The summed E-state index contributed by atoms with van der Waals surface area (Å²) >= 11 is 0. The van der Waals surface area contributed by atoms with Gasteiger partial charge >= 0.3 is 0 Å². The lowest BCUT2D eigenvalue weighted by atomic mass is 9.90. The first-order valence-corrected chi connectivity index (χ1v) is 10.7. The zero-order valence-corrected chi connectivity index (χ0v) is 17.7. The van der Waals surface area contributed by atoms with Crippen LogP contribution >= 0.6 is 0 Å². The maximum Gasteiger partial charge on any atom is 0.0564 e. The van der Waals surface area contributed by atoms with Gasteiger partial charge < -0.3 is 9.47 Å². The fourth-order valence-corrected chi connectivity index (χ4v) is 4.15. The third-order valence-corrected chi connectivity index (χ3v) is 5.70. The third kappa shape index (κ3) is 3.88. The Morgan fingerprint density at radius 2 is 1.28 bits per heavy atom. The van der Waals surface area contributed by atoms with E-state index in [1.54, 1.807) is 0 Å². The molecule has 2 nitrogen and oxygen atoms in total. The second-order valence-corrected chi connectivity index (χ2v) is 8.08. The van der Waals surface area contributed by atoms with Crippen molar-refractivity contribution in [2.75, 3.05) is 26.4 Å². The van der Waals surface area contributed by atoms with Crippen molar-refractivity contribution in [3.8, 4) is 0 Å². The molecule has 0 aromatic heterocycles. The van der Waals surface area contributed by atoms with Gasteiger partial charge in [0.2, 0.25) is 0 Å². The fourth-order valence-electron chi connectivity index (χ4n) is 4.15. The van der Waals surface area contributed by atoms with E-state index in [1.165, 1.54) is 37.9 Å². The van der Waals surface area contributed by atoms with E-state index >= 15 is 0 Å². The van der Waals surface area contributed by atoms with Crippen LogP contribution in [0, 0.1) is 5.41 Å². The summed E-state index contributed by atoms with van der Waals surface area (Å²) in [4.78, 5) is 0. The van der Waals surface area contributed by atoms with E-state index < -0.39 is 0 Å². The summed E-state index contributed by atoms with van der Waals surface area (Å²) in [5, 5.41) is 7.97. The van der Waals surface area contributed by atoms with E-state index in [4.69, 9.17) is 9.47 Å². The third-order valence-electron chi connectivity index (χ3n) is 5.70. The molecular formula is C27H30O2. The maximum absolute atomic E-state index is 5.93. The summed E-state index contributed by atoms with van der Waals surface area (Å²) in [6, 6.07) is 24.3. The van der Waals surface area contributed by atoms with Crippen molar-refractivity contribution in [2.45, 2.75) is 27.2 Å². The van der Waals surface area contributed by atoms with Crippen molar-refractivity contribution in [2.24, 2.45) is 5.41 Å². The predicted octanol–water partition coefficient (Wildman–Crippen LogP) is 6.77. The summed E-state index contributed by atoms with van der Waals surface area (Å²) in [7, 11) is 0. The normalized spacial score (nSPS) is 15.1. The smallest absolute Gasteiger partial charge is 0.0564 e. The first-order chi connectivity index (χ1) is 14.2. The molecule has 0 amide bonds. The van der Waals surface area contributed by atoms with Gasteiger partial charge in [0.15, 0.2) is 0 Å². The molecule has 150 valence electrons. The van der Waals surface area contributed by atoms with E-state index in [1.807, 2.05) is 13.8 Å². The molecule has 0 aliphatic carbocycles. The van der Waals surface area contributed by atoms with Crippen LogP contribution in [0.5, 0.6) is 0 Å². The Balaban J connectivity index is 0.000000994. The van der Waals surface area contributed by atoms with Gasteiger partial charge in [-0.3, -0.25) is 0 Å². The molecule has 1 heterocycles. The van der Waals surface area contributed by atoms with Gasteiger partial charge in [0.1, 0.15) is 0 Å². The minimum Gasteiger partial charge on any atom is -0.380 e. The summed E-state index contributed by atoms with van der Waals surface area (Å²) in [6.45, 7) is 9.41. The molecule has 1 aliphatic heterocycles. The van der Waals surface area contributed by atoms with E-state index in [-0.39, 0.29) is 5.41 Å². The van der Waals surface area contributed by atoms with Crippen LogP contribution in [0.4, 0.5) is 0 Å². The number of rotatable bonds is 5. The Bertz CT molecular complexity index is 1090. The molecule has 0 radical (unpaired) electrons. The lowest BCUT2D eigenvalue weighted by molar-refractivity contribution is -0.137. The van der Waals surface area contributed by atoms with Gasteiger partial charge in [-0.25, -0.2) is 0 Å². The molecule has 29 heavy (non-hydrogen) atoms. The van der Waals surface area contributed by atoms with E-state index in [0.29, 0.717) is 0 Å². The molecule has 2 heteroatoms. The summed E-state index contributed by atoms with van der Waals surface area (Å²) in [6.07, 6.45) is 0.939. The highest BCUT2D eigenvalue weighted by atomic mass is 16.5. The molecule has 1 saturated heterocycles. The molecule has 5 rings (SSSR count). The zero-order valence-electron chi connectivity index (χ0n) is 17.7. The lowest BCUT2D eigenvalue weighted by Crippen LogP contribution is -2.43. The Kier molecular flexibility index (Phi) is 5.84. The van der Waals surface area contributed by atoms with Crippen LogP contribution in [0.3, 0.4) is 0 Å². The minimum absolute atomic E-state index is 0.221. The van der Waals surface area contributed by atoms with Crippen LogP contribution in [-0.4, -0.2) is 26.4 Å². The highest BCUT2D eigenvalue weighted by molar-refractivity contribution is 6.25. The van der Waals surface area contributed by atoms with Crippen molar-refractivity contribution >= 4 is 32.3 Å². The van der Waals surface area contributed by atoms with Gasteiger partial charge in [0.05, 0.1) is 26.4 Å². The van der Waals surface area contributed by atoms with E-state index in [0.717, 1.165) is 32.8 Å².